The first-order chi connectivity index (χ1) is 9.63. The molecule has 0 saturated heterocycles. The van der Waals surface area contributed by atoms with Crippen LogP contribution in [0.2, 0.25) is 0 Å². The normalized spacial score (nSPS) is 10.7. The number of hydrogen-bond acceptors (Lipinski definition) is 4. The summed E-state index contributed by atoms with van der Waals surface area (Å²) in [5, 5.41) is 2.84. The molecule has 0 unspecified atom stereocenters. The van der Waals surface area contributed by atoms with Crippen LogP contribution in [0.5, 0.6) is 0 Å². The Morgan fingerprint density at radius 2 is 2.05 bits per heavy atom. The molecule has 106 valence electrons. The summed E-state index contributed by atoms with van der Waals surface area (Å²) in [7, 11) is 1.96. The Labute approximate surface area is 118 Å². The molecule has 1 aromatic carbocycles. The Morgan fingerprint density at radius 1 is 1.30 bits per heavy atom. The summed E-state index contributed by atoms with van der Waals surface area (Å²) in [4.78, 5) is 13.9. The average Bonchev–Trinajstić information content (AvgIpc) is 2.92. The van der Waals surface area contributed by atoms with E-state index in [1.807, 2.05) is 24.1 Å². The number of amides is 1. The van der Waals surface area contributed by atoms with Crippen molar-refractivity contribution in [2.24, 2.45) is 0 Å². The van der Waals surface area contributed by atoms with Gasteiger partial charge >= 0.3 is 0 Å². The molecule has 0 atom stereocenters. The van der Waals surface area contributed by atoms with Gasteiger partial charge in [0.15, 0.2) is 0 Å². The zero-order valence-electron chi connectivity index (χ0n) is 11.5. The van der Waals surface area contributed by atoms with Crippen LogP contribution in [0.1, 0.15) is 12.2 Å². The molecule has 0 fully saturated rings. The lowest BCUT2D eigenvalue weighted by Gasteiger charge is -2.14. The summed E-state index contributed by atoms with van der Waals surface area (Å²) in [6, 6.07) is 10.9. The van der Waals surface area contributed by atoms with Crippen LogP contribution >= 0.6 is 0 Å². The van der Waals surface area contributed by atoms with E-state index in [2.05, 4.69) is 5.32 Å². The van der Waals surface area contributed by atoms with Crippen molar-refractivity contribution in [1.29, 1.82) is 0 Å². The molecule has 0 saturated carbocycles. The number of nitrogens with one attached hydrogen (secondary N) is 1. The van der Waals surface area contributed by atoms with Crippen LogP contribution in [0.4, 0.5) is 11.4 Å². The lowest BCUT2D eigenvalue weighted by atomic mass is 10.2. The average molecular weight is 273 g/mol. The minimum Gasteiger partial charge on any atom is -0.468 e. The van der Waals surface area contributed by atoms with Gasteiger partial charge in [-0.3, -0.25) is 9.69 Å². The SMILES string of the molecule is CN(CCC(=O)Nc1ccc(N)cc1)Cc1ccco1. The van der Waals surface area contributed by atoms with Gasteiger partial charge in [-0.05, 0) is 43.4 Å². The van der Waals surface area contributed by atoms with E-state index < -0.39 is 0 Å². The van der Waals surface area contributed by atoms with E-state index in [4.69, 9.17) is 10.2 Å². The third-order valence-corrected chi connectivity index (χ3v) is 2.92. The molecule has 3 N–H and O–H groups in total. The Morgan fingerprint density at radius 3 is 2.70 bits per heavy atom. The predicted octanol–water partition coefficient (Wildman–Crippen LogP) is 2.32. The van der Waals surface area contributed by atoms with Crippen molar-refractivity contribution < 1.29 is 9.21 Å². The molecule has 1 heterocycles. The van der Waals surface area contributed by atoms with Gasteiger partial charge in [0.1, 0.15) is 5.76 Å². The number of rotatable bonds is 6. The van der Waals surface area contributed by atoms with Crippen molar-refractivity contribution in [2.75, 3.05) is 24.6 Å². The number of benzene rings is 1. The Hall–Kier alpha value is -2.27. The standard InChI is InChI=1S/C15H19N3O2/c1-18(11-14-3-2-10-20-14)9-8-15(19)17-13-6-4-12(16)5-7-13/h2-7,10H,8-9,11,16H2,1H3,(H,17,19). The zero-order valence-corrected chi connectivity index (χ0v) is 11.5. The first-order valence-corrected chi connectivity index (χ1v) is 6.50. The second kappa shape index (κ2) is 6.77. The molecule has 2 rings (SSSR count). The van der Waals surface area contributed by atoms with Crippen LogP contribution in [-0.2, 0) is 11.3 Å². The van der Waals surface area contributed by atoms with Crippen LogP contribution < -0.4 is 11.1 Å². The van der Waals surface area contributed by atoms with E-state index in [0.717, 1.165) is 11.4 Å². The third kappa shape index (κ3) is 4.44. The van der Waals surface area contributed by atoms with E-state index in [1.54, 1.807) is 30.5 Å². The smallest absolute Gasteiger partial charge is 0.225 e. The maximum atomic E-state index is 11.8. The first kappa shape index (κ1) is 14.1. The van der Waals surface area contributed by atoms with E-state index in [9.17, 15) is 4.79 Å². The van der Waals surface area contributed by atoms with Crippen molar-refractivity contribution in [3.8, 4) is 0 Å². The van der Waals surface area contributed by atoms with Gasteiger partial charge in [0, 0.05) is 24.3 Å². The molecule has 0 aliphatic rings. The van der Waals surface area contributed by atoms with Crippen molar-refractivity contribution in [3.63, 3.8) is 0 Å². The highest BCUT2D eigenvalue weighted by atomic mass is 16.3. The summed E-state index contributed by atoms with van der Waals surface area (Å²) in [6.45, 7) is 1.36. The van der Waals surface area contributed by atoms with Crippen LogP contribution in [0.25, 0.3) is 0 Å². The van der Waals surface area contributed by atoms with Crippen LogP contribution in [0, 0.1) is 0 Å². The molecule has 2 aromatic rings. The maximum Gasteiger partial charge on any atom is 0.225 e. The molecule has 0 bridgehead atoms. The predicted molar refractivity (Wildman–Crippen MR) is 79.1 cm³/mol. The fourth-order valence-corrected chi connectivity index (χ4v) is 1.83. The second-order valence-electron chi connectivity index (χ2n) is 4.74. The van der Waals surface area contributed by atoms with Gasteiger partial charge in [-0.25, -0.2) is 0 Å². The Kier molecular flexibility index (Phi) is 4.79. The van der Waals surface area contributed by atoms with Crippen molar-refractivity contribution in [3.05, 3.63) is 48.4 Å². The zero-order chi connectivity index (χ0) is 14.4. The summed E-state index contributed by atoms with van der Waals surface area (Å²) in [5.41, 5.74) is 7.04. The Bertz CT molecular complexity index is 535. The van der Waals surface area contributed by atoms with Crippen molar-refractivity contribution in [2.45, 2.75) is 13.0 Å². The Balaban J connectivity index is 1.73. The molecule has 0 aliphatic heterocycles. The molecule has 0 spiro atoms. The van der Waals surface area contributed by atoms with Crippen LogP contribution in [0.15, 0.2) is 47.1 Å². The second-order valence-corrected chi connectivity index (χ2v) is 4.74. The summed E-state index contributed by atoms with van der Waals surface area (Å²) < 4.78 is 5.26. The lowest BCUT2D eigenvalue weighted by molar-refractivity contribution is -0.116. The van der Waals surface area contributed by atoms with Crippen LogP contribution in [-0.4, -0.2) is 24.4 Å². The molecule has 20 heavy (non-hydrogen) atoms. The molecular formula is C15H19N3O2. The van der Waals surface area contributed by atoms with Crippen LogP contribution in [0.3, 0.4) is 0 Å². The quantitative estimate of drug-likeness (QED) is 0.792. The highest BCUT2D eigenvalue weighted by Crippen LogP contribution is 2.11. The van der Waals surface area contributed by atoms with Gasteiger partial charge in [0.25, 0.3) is 0 Å². The summed E-state index contributed by atoms with van der Waals surface area (Å²) >= 11 is 0. The number of hydrogen-bond donors (Lipinski definition) is 2. The molecule has 5 heteroatoms. The molecule has 1 aromatic heterocycles. The molecule has 1 amide bonds. The maximum absolute atomic E-state index is 11.8. The van der Waals surface area contributed by atoms with E-state index in [0.29, 0.717) is 25.2 Å². The fourth-order valence-electron chi connectivity index (χ4n) is 1.83. The number of furan rings is 1. The number of nitrogens with zero attached hydrogens (tertiary/aromatic N) is 1. The monoisotopic (exact) mass is 273 g/mol. The first-order valence-electron chi connectivity index (χ1n) is 6.50. The van der Waals surface area contributed by atoms with Gasteiger partial charge in [0.2, 0.25) is 5.91 Å². The highest BCUT2D eigenvalue weighted by Gasteiger charge is 2.07. The minimum atomic E-state index is -0.0129. The molecule has 5 nitrogen and oxygen atoms in total. The summed E-state index contributed by atoms with van der Waals surface area (Å²) in [6.07, 6.45) is 2.08. The van der Waals surface area contributed by atoms with Crippen molar-refractivity contribution >= 4 is 17.3 Å². The van der Waals surface area contributed by atoms with E-state index >= 15 is 0 Å². The van der Waals surface area contributed by atoms with Gasteiger partial charge in [-0.1, -0.05) is 0 Å². The molecule has 0 aliphatic carbocycles. The highest BCUT2D eigenvalue weighted by molar-refractivity contribution is 5.90. The van der Waals surface area contributed by atoms with Gasteiger partial charge in [-0.15, -0.1) is 0 Å². The largest absolute Gasteiger partial charge is 0.468 e. The fraction of sp³-hybridized carbons (Fsp3) is 0.267. The molecular weight excluding hydrogens is 254 g/mol. The minimum absolute atomic E-state index is 0.0129. The number of carbonyl (C=O) groups is 1. The summed E-state index contributed by atoms with van der Waals surface area (Å²) in [5.74, 6) is 0.882. The number of carbonyl (C=O) groups excluding carboxylic acids is 1. The lowest BCUT2D eigenvalue weighted by Crippen LogP contribution is -2.23. The number of nitrogen functional groups attached to an aromatic ring is 1. The van der Waals surface area contributed by atoms with E-state index in [1.165, 1.54) is 0 Å². The third-order valence-electron chi connectivity index (χ3n) is 2.92. The van der Waals surface area contributed by atoms with Gasteiger partial charge < -0.3 is 15.5 Å². The number of nitrogens with two attached hydrogens (primary N) is 1. The number of anilines is 2. The van der Waals surface area contributed by atoms with Gasteiger partial charge in [0.05, 0.1) is 12.8 Å². The van der Waals surface area contributed by atoms with Gasteiger partial charge in [-0.2, -0.15) is 0 Å². The topological polar surface area (TPSA) is 71.5 Å². The molecule has 0 radical (unpaired) electrons. The van der Waals surface area contributed by atoms with E-state index in [-0.39, 0.29) is 5.91 Å². The van der Waals surface area contributed by atoms with Crippen molar-refractivity contribution in [1.82, 2.24) is 4.90 Å².